The van der Waals surface area contributed by atoms with E-state index in [0.29, 0.717) is 5.56 Å². The molecule has 0 unspecified atom stereocenters. The summed E-state index contributed by atoms with van der Waals surface area (Å²) in [5.74, 6) is 0.679. The lowest BCUT2D eigenvalue weighted by Gasteiger charge is -2.38. The lowest BCUT2D eigenvalue weighted by atomic mass is 9.78. The molecule has 1 aromatic heterocycles. The van der Waals surface area contributed by atoms with Crippen LogP contribution in [-0.2, 0) is 0 Å². The van der Waals surface area contributed by atoms with Crippen LogP contribution in [0.15, 0.2) is 18.7 Å². The Morgan fingerprint density at radius 1 is 1.44 bits per heavy atom. The predicted octanol–water partition coefficient (Wildman–Crippen LogP) is 2.55. The zero-order valence-corrected chi connectivity index (χ0v) is 12.1. The Kier molecular flexibility index (Phi) is 4.32. The summed E-state index contributed by atoms with van der Waals surface area (Å²) in [5, 5.41) is 3.95. The molecular weight excluding hydrogens is 294 g/mol. The molecule has 1 heterocycles. The average Bonchev–Trinajstić information content (AvgIpc) is 2.43. The van der Waals surface area contributed by atoms with E-state index >= 15 is 0 Å². The highest BCUT2D eigenvalue weighted by molar-refractivity contribution is 9.09. The van der Waals surface area contributed by atoms with Crippen molar-refractivity contribution in [3.8, 4) is 0 Å². The number of carbonyl (C=O) groups excluding carboxylic acids is 1. The molecule has 18 heavy (non-hydrogen) atoms. The van der Waals surface area contributed by atoms with Crippen LogP contribution in [0, 0.1) is 5.92 Å². The van der Waals surface area contributed by atoms with Gasteiger partial charge in [-0.2, -0.15) is 0 Å². The van der Waals surface area contributed by atoms with E-state index in [2.05, 4.69) is 38.1 Å². The van der Waals surface area contributed by atoms with Gasteiger partial charge >= 0.3 is 0 Å². The van der Waals surface area contributed by atoms with Crippen molar-refractivity contribution >= 4 is 21.8 Å². The number of carbonyl (C=O) groups is 1. The molecule has 2 rings (SSSR count). The number of aromatic nitrogens is 2. The first-order valence-electron chi connectivity index (χ1n) is 6.29. The molecular formula is C13H18BrN3O. The number of nitrogens with one attached hydrogen (secondary N) is 1. The van der Waals surface area contributed by atoms with Gasteiger partial charge in [0.2, 0.25) is 0 Å². The first kappa shape index (κ1) is 13.5. The van der Waals surface area contributed by atoms with Gasteiger partial charge < -0.3 is 5.32 Å². The minimum Gasteiger partial charge on any atom is -0.346 e. The summed E-state index contributed by atoms with van der Waals surface area (Å²) >= 11 is 3.54. The Morgan fingerprint density at radius 2 is 2.06 bits per heavy atom. The predicted molar refractivity (Wildman–Crippen MR) is 73.7 cm³/mol. The Balaban J connectivity index is 2.05. The molecule has 1 aliphatic rings. The van der Waals surface area contributed by atoms with Gasteiger partial charge in [0.05, 0.1) is 11.1 Å². The van der Waals surface area contributed by atoms with Crippen LogP contribution in [0.3, 0.4) is 0 Å². The number of alkyl halides is 1. The summed E-state index contributed by atoms with van der Waals surface area (Å²) in [6.07, 6.45) is 8.91. The fourth-order valence-electron chi connectivity index (χ4n) is 2.34. The van der Waals surface area contributed by atoms with E-state index < -0.39 is 0 Å². The maximum absolute atomic E-state index is 12.1. The molecule has 0 aliphatic heterocycles. The standard InChI is InChI=1S/C13H18BrN3O/c1-10-2-4-13(8-14,5-3-10)17-12(18)11-6-15-9-16-7-11/h6-7,9-10H,2-5,8H2,1H3,(H,17,18). The van der Waals surface area contributed by atoms with E-state index in [4.69, 9.17) is 0 Å². The molecule has 1 saturated carbocycles. The van der Waals surface area contributed by atoms with Crippen molar-refractivity contribution in [2.75, 3.05) is 5.33 Å². The molecule has 4 nitrogen and oxygen atoms in total. The number of hydrogen-bond donors (Lipinski definition) is 1. The van der Waals surface area contributed by atoms with E-state index in [0.717, 1.165) is 36.9 Å². The van der Waals surface area contributed by atoms with Gasteiger partial charge in [0.25, 0.3) is 5.91 Å². The quantitative estimate of drug-likeness (QED) is 0.873. The van der Waals surface area contributed by atoms with Crippen LogP contribution in [0.1, 0.15) is 43.0 Å². The van der Waals surface area contributed by atoms with E-state index in [1.54, 1.807) is 12.4 Å². The number of amides is 1. The van der Waals surface area contributed by atoms with Gasteiger partial charge in [-0.3, -0.25) is 4.79 Å². The lowest BCUT2D eigenvalue weighted by Crippen LogP contribution is -2.52. The van der Waals surface area contributed by atoms with Crippen LogP contribution < -0.4 is 5.32 Å². The van der Waals surface area contributed by atoms with Gasteiger partial charge in [0.15, 0.2) is 0 Å². The minimum atomic E-state index is -0.112. The number of halogens is 1. The molecule has 0 atom stereocenters. The van der Waals surface area contributed by atoms with Crippen molar-refractivity contribution in [2.24, 2.45) is 5.92 Å². The third-order valence-corrected chi connectivity index (χ3v) is 4.76. The Morgan fingerprint density at radius 3 is 2.61 bits per heavy atom. The molecule has 0 spiro atoms. The summed E-state index contributed by atoms with van der Waals surface area (Å²) in [5.41, 5.74) is 0.413. The van der Waals surface area contributed by atoms with Crippen LogP contribution >= 0.6 is 15.9 Å². The fraction of sp³-hybridized carbons (Fsp3) is 0.615. The van der Waals surface area contributed by atoms with Crippen molar-refractivity contribution in [3.63, 3.8) is 0 Å². The molecule has 5 heteroatoms. The van der Waals surface area contributed by atoms with Gasteiger partial charge in [-0.25, -0.2) is 9.97 Å². The van der Waals surface area contributed by atoms with Crippen LogP contribution in [0.25, 0.3) is 0 Å². The lowest BCUT2D eigenvalue weighted by molar-refractivity contribution is 0.0873. The molecule has 1 amide bonds. The highest BCUT2D eigenvalue weighted by Crippen LogP contribution is 2.33. The zero-order valence-electron chi connectivity index (χ0n) is 10.5. The number of hydrogen-bond acceptors (Lipinski definition) is 3. The second-order valence-corrected chi connectivity index (χ2v) is 5.74. The molecule has 98 valence electrons. The summed E-state index contributed by atoms with van der Waals surface area (Å²) in [6, 6.07) is 0. The third kappa shape index (κ3) is 3.07. The van der Waals surface area contributed by atoms with Gasteiger partial charge in [0.1, 0.15) is 6.33 Å². The van der Waals surface area contributed by atoms with Gasteiger partial charge in [-0.05, 0) is 31.6 Å². The normalized spacial score (nSPS) is 27.8. The smallest absolute Gasteiger partial charge is 0.254 e. The Bertz CT molecular complexity index is 402. The van der Waals surface area contributed by atoms with E-state index in [1.165, 1.54) is 6.33 Å². The molecule has 1 aliphatic carbocycles. The number of rotatable bonds is 3. The van der Waals surface area contributed by atoms with Gasteiger partial charge in [-0.15, -0.1) is 0 Å². The van der Waals surface area contributed by atoms with E-state index in [1.807, 2.05) is 0 Å². The molecule has 1 N–H and O–H groups in total. The summed E-state index contributed by atoms with van der Waals surface area (Å²) < 4.78 is 0. The highest BCUT2D eigenvalue weighted by Gasteiger charge is 2.34. The van der Waals surface area contributed by atoms with Crippen molar-refractivity contribution < 1.29 is 4.79 Å². The average molecular weight is 312 g/mol. The second kappa shape index (κ2) is 5.78. The Hall–Kier alpha value is -0.970. The number of nitrogens with zero attached hydrogens (tertiary/aromatic N) is 2. The first-order chi connectivity index (χ1) is 8.65. The monoisotopic (exact) mass is 311 g/mol. The molecule has 0 aromatic carbocycles. The SMILES string of the molecule is CC1CCC(CBr)(NC(=O)c2cncnc2)CC1. The molecule has 0 saturated heterocycles. The summed E-state index contributed by atoms with van der Waals surface area (Å²) in [4.78, 5) is 19.9. The van der Waals surface area contributed by atoms with Crippen LogP contribution in [0.4, 0.5) is 0 Å². The summed E-state index contributed by atoms with van der Waals surface area (Å²) in [6.45, 7) is 2.27. The maximum atomic E-state index is 12.1. The highest BCUT2D eigenvalue weighted by atomic mass is 79.9. The first-order valence-corrected chi connectivity index (χ1v) is 7.41. The third-order valence-electron chi connectivity index (χ3n) is 3.69. The second-order valence-electron chi connectivity index (χ2n) is 5.18. The topological polar surface area (TPSA) is 54.9 Å². The van der Waals surface area contributed by atoms with Gasteiger partial charge in [0, 0.05) is 17.7 Å². The Labute approximate surface area is 116 Å². The molecule has 0 bridgehead atoms. The van der Waals surface area contributed by atoms with Crippen molar-refractivity contribution in [2.45, 2.75) is 38.1 Å². The zero-order chi connectivity index (χ0) is 13.0. The van der Waals surface area contributed by atoms with Crippen LogP contribution in [-0.4, -0.2) is 26.7 Å². The maximum Gasteiger partial charge on any atom is 0.254 e. The van der Waals surface area contributed by atoms with Crippen LogP contribution in [0.2, 0.25) is 0 Å². The minimum absolute atomic E-state index is 0.0791. The molecule has 1 fully saturated rings. The van der Waals surface area contributed by atoms with E-state index in [9.17, 15) is 4.79 Å². The summed E-state index contributed by atoms with van der Waals surface area (Å²) in [7, 11) is 0. The molecule has 0 radical (unpaired) electrons. The van der Waals surface area contributed by atoms with Crippen molar-refractivity contribution in [1.29, 1.82) is 0 Å². The van der Waals surface area contributed by atoms with Crippen LogP contribution in [0.5, 0.6) is 0 Å². The largest absolute Gasteiger partial charge is 0.346 e. The fourth-order valence-corrected chi connectivity index (χ4v) is 3.04. The van der Waals surface area contributed by atoms with Crippen molar-refractivity contribution in [3.05, 3.63) is 24.3 Å². The van der Waals surface area contributed by atoms with Crippen molar-refractivity contribution in [1.82, 2.24) is 15.3 Å². The van der Waals surface area contributed by atoms with E-state index in [-0.39, 0.29) is 11.4 Å². The van der Waals surface area contributed by atoms with Gasteiger partial charge in [-0.1, -0.05) is 22.9 Å². The molecule has 1 aromatic rings.